The lowest BCUT2D eigenvalue weighted by atomic mass is 10.2. The van der Waals surface area contributed by atoms with Crippen LogP contribution in [0.15, 0.2) is 41.3 Å². The average Bonchev–Trinajstić information content (AvgIpc) is 2.69. The number of hydrogen-bond donors (Lipinski definition) is 2. The quantitative estimate of drug-likeness (QED) is 0.581. The summed E-state index contributed by atoms with van der Waals surface area (Å²) in [5.74, 6) is 1.94. The van der Waals surface area contributed by atoms with Crippen LogP contribution in [0.3, 0.4) is 0 Å². The molecule has 3 atom stereocenters. The molecule has 0 spiro atoms. The molecule has 0 saturated carbocycles. The van der Waals surface area contributed by atoms with Crippen molar-refractivity contribution in [2.24, 2.45) is 0 Å². The van der Waals surface area contributed by atoms with Crippen LogP contribution in [0.2, 0.25) is 0 Å². The first-order valence-electron chi connectivity index (χ1n) is 9.56. The summed E-state index contributed by atoms with van der Waals surface area (Å²) in [5, 5.41) is 13.4. The van der Waals surface area contributed by atoms with Crippen LogP contribution in [-0.4, -0.2) is 54.6 Å². The Morgan fingerprint density at radius 3 is 2.38 bits per heavy atom. The molecule has 2 aromatic rings. The fourth-order valence-corrected chi connectivity index (χ4v) is 3.58. The number of aryl methyl sites for hydroxylation is 2. The largest absolute Gasteiger partial charge is 0.493 e. The van der Waals surface area contributed by atoms with Crippen molar-refractivity contribution in [3.05, 3.63) is 47.5 Å². The first-order chi connectivity index (χ1) is 13.8. The van der Waals surface area contributed by atoms with E-state index in [-0.39, 0.29) is 12.6 Å². The second-order valence-electron chi connectivity index (χ2n) is 7.07. The van der Waals surface area contributed by atoms with E-state index in [9.17, 15) is 9.32 Å². The van der Waals surface area contributed by atoms with E-state index < -0.39 is 16.9 Å². The minimum atomic E-state index is -1.09. The van der Waals surface area contributed by atoms with E-state index in [4.69, 9.17) is 14.2 Å². The molecule has 2 rings (SSSR count). The van der Waals surface area contributed by atoms with Gasteiger partial charge >= 0.3 is 0 Å². The van der Waals surface area contributed by atoms with Crippen molar-refractivity contribution in [2.75, 3.05) is 33.1 Å². The van der Waals surface area contributed by atoms with Crippen molar-refractivity contribution in [1.82, 2.24) is 5.32 Å². The summed E-state index contributed by atoms with van der Waals surface area (Å²) < 4.78 is 28.7. The highest BCUT2D eigenvalue weighted by Gasteiger charge is 2.14. The Bertz CT molecular complexity index is 827. The van der Waals surface area contributed by atoms with E-state index in [0.29, 0.717) is 24.7 Å². The lowest BCUT2D eigenvalue weighted by Crippen LogP contribution is -2.39. The average molecular weight is 422 g/mol. The van der Waals surface area contributed by atoms with E-state index in [1.807, 2.05) is 51.1 Å². The van der Waals surface area contributed by atoms with E-state index in [1.54, 1.807) is 19.4 Å². The molecule has 0 fully saturated rings. The van der Waals surface area contributed by atoms with Crippen LogP contribution in [0.25, 0.3) is 0 Å². The molecular weight excluding hydrogens is 390 g/mol. The molecule has 0 radical (unpaired) electrons. The summed E-state index contributed by atoms with van der Waals surface area (Å²) >= 11 is 0. The number of rotatable bonds is 11. The number of aliphatic hydroxyl groups is 1. The van der Waals surface area contributed by atoms with Gasteiger partial charge in [-0.3, -0.25) is 4.21 Å². The Kier molecular flexibility index (Phi) is 8.95. The third-order valence-electron chi connectivity index (χ3n) is 4.49. The molecule has 7 heteroatoms. The minimum absolute atomic E-state index is 0.00751. The highest BCUT2D eigenvalue weighted by atomic mass is 32.2. The monoisotopic (exact) mass is 421 g/mol. The molecule has 0 saturated heterocycles. The van der Waals surface area contributed by atoms with Gasteiger partial charge in [-0.15, -0.1) is 0 Å². The molecule has 160 valence electrons. The molecule has 2 aromatic carbocycles. The Hall–Kier alpha value is -2.09. The molecule has 0 aromatic heterocycles. The number of aliphatic hydroxyl groups excluding tert-OH is 1. The predicted molar refractivity (Wildman–Crippen MR) is 116 cm³/mol. The fraction of sp³-hybridized carbons (Fsp3) is 0.455. The molecule has 0 bridgehead atoms. The second-order valence-corrected chi connectivity index (χ2v) is 8.42. The van der Waals surface area contributed by atoms with Crippen LogP contribution in [0.1, 0.15) is 18.1 Å². The molecule has 3 unspecified atom stereocenters. The van der Waals surface area contributed by atoms with E-state index in [2.05, 4.69) is 5.32 Å². The van der Waals surface area contributed by atoms with Crippen molar-refractivity contribution in [1.29, 1.82) is 0 Å². The summed E-state index contributed by atoms with van der Waals surface area (Å²) in [7, 11) is 0.475. The van der Waals surface area contributed by atoms with Crippen molar-refractivity contribution in [3.8, 4) is 17.2 Å². The third-order valence-corrected chi connectivity index (χ3v) is 5.55. The highest BCUT2D eigenvalue weighted by molar-refractivity contribution is 7.84. The van der Waals surface area contributed by atoms with Gasteiger partial charge in [0.2, 0.25) is 0 Å². The molecule has 0 aliphatic carbocycles. The van der Waals surface area contributed by atoms with Gasteiger partial charge in [-0.1, -0.05) is 18.2 Å². The zero-order chi connectivity index (χ0) is 21.4. The van der Waals surface area contributed by atoms with Gasteiger partial charge in [-0.2, -0.15) is 0 Å². The summed E-state index contributed by atoms with van der Waals surface area (Å²) in [6.45, 7) is 6.85. The van der Waals surface area contributed by atoms with E-state index in [1.165, 1.54) is 0 Å². The van der Waals surface area contributed by atoms with Gasteiger partial charge in [-0.25, -0.2) is 0 Å². The molecule has 0 heterocycles. The summed E-state index contributed by atoms with van der Waals surface area (Å²) in [6, 6.07) is 11.3. The third kappa shape index (κ3) is 7.03. The van der Waals surface area contributed by atoms with Crippen LogP contribution in [-0.2, 0) is 10.8 Å². The Morgan fingerprint density at radius 1 is 1.03 bits per heavy atom. The van der Waals surface area contributed by atoms with Gasteiger partial charge in [0.1, 0.15) is 25.1 Å². The predicted octanol–water partition coefficient (Wildman–Crippen LogP) is 2.85. The fourth-order valence-electron chi connectivity index (χ4n) is 2.80. The zero-order valence-electron chi connectivity index (χ0n) is 17.7. The molecule has 0 aliphatic heterocycles. The lowest BCUT2D eigenvalue weighted by molar-refractivity contribution is 0.101. The topological polar surface area (TPSA) is 77.0 Å². The SMILES string of the molecule is COc1cc(S(C)=O)c(C)cc1OCC(C)NCC(O)COc1ccccc1C. The zero-order valence-corrected chi connectivity index (χ0v) is 18.5. The standard InChI is InChI=1S/C22H31NO5S/c1-15-8-6-7-9-19(15)28-14-18(24)12-23-17(3)13-27-21-10-16(2)22(29(5)25)11-20(21)26-4/h6-11,17-18,23-24H,12-14H2,1-5H3. The van der Waals surface area contributed by atoms with Crippen molar-refractivity contribution < 1.29 is 23.5 Å². The van der Waals surface area contributed by atoms with Crippen LogP contribution >= 0.6 is 0 Å². The van der Waals surface area contributed by atoms with Gasteiger partial charge in [0.15, 0.2) is 11.5 Å². The number of benzene rings is 2. The van der Waals surface area contributed by atoms with E-state index in [0.717, 1.165) is 21.8 Å². The van der Waals surface area contributed by atoms with Gasteiger partial charge in [0.05, 0.1) is 17.9 Å². The minimum Gasteiger partial charge on any atom is -0.493 e. The summed E-state index contributed by atoms with van der Waals surface area (Å²) in [4.78, 5) is 0.733. The van der Waals surface area contributed by atoms with Crippen molar-refractivity contribution >= 4 is 10.8 Å². The van der Waals surface area contributed by atoms with Crippen LogP contribution < -0.4 is 19.5 Å². The molecule has 0 aliphatic rings. The Balaban J connectivity index is 1.81. The van der Waals surface area contributed by atoms with Crippen molar-refractivity contribution in [3.63, 3.8) is 0 Å². The highest BCUT2D eigenvalue weighted by Crippen LogP contribution is 2.32. The maximum atomic E-state index is 11.8. The van der Waals surface area contributed by atoms with Gasteiger partial charge in [0, 0.05) is 29.8 Å². The molecule has 6 nitrogen and oxygen atoms in total. The Morgan fingerprint density at radius 2 is 1.72 bits per heavy atom. The van der Waals surface area contributed by atoms with Crippen LogP contribution in [0, 0.1) is 13.8 Å². The maximum absolute atomic E-state index is 11.8. The number of para-hydroxylation sites is 1. The first kappa shape index (κ1) is 23.2. The molecule has 0 amide bonds. The maximum Gasteiger partial charge on any atom is 0.161 e. The first-order valence-corrected chi connectivity index (χ1v) is 11.1. The number of ether oxygens (including phenoxy) is 3. The Labute approximate surface area is 175 Å². The van der Waals surface area contributed by atoms with Gasteiger partial charge < -0.3 is 24.6 Å². The van der Waals surface area contributed by atoms with Gasteiger partial charge in [0.25, 0.3) is 0 Å². The molecule has 2 N–H and O–H groups in total. The number of nitrogens with one attached hydrogen (secondary N) is 1. The molecular formula is C22H31NO5S. The normalized spacial score (nSPS) is 14.1. The second kappa shape index (κ2) is 11.2. The molecule has 29 heavy (non-hydrogen) atoms. The smallest absolute Gasteiger partial charge is 0.161 e. The van der Waals surface area contributed by atoms with Crippen LogP contribution in [0.4, 0.5) is 0 Å². The lowest BCUT2D eigenvalue weighted by Gasteiger charge is -2.20. The van der Waals surface area contributed by atoms with Gasteiger partial charge in [-0.05, 0) is 44.0 Å². The van der Waals surface area contributed by atoms with Crippen molar-refractivity contribution in [2.45, 2.75) is 37.8 Å². The van der Waals surface area contributed by atoms with Crippen LogP contribution in [0.5, 0.6) is 17.2 Å². The number of hydrogen-bond acceptors (Lipinski definition) is 6. The van der Waals surface area contributed by atoms with E-state index >= 15 is 0 Å². The number of methoxy groups -OCH3 is 1. The summed E-state index contributed by atoms with van der Waals surface area (Å²) in [6.07, 6.45) is 1.01. The summed E-state index contributed by atoms with van der Waals surface area (Å²) in [5.41, 5.74) is 1.93.